The molecule has 2 fully saturated rings. The lowest BCUT2D eigenvalue weighted by Crippen LogP contribution is -2.53. The molecule has 4 heterocycles. The van der Waals surface area contributed by atoms with Gasteiger partial charge in [-0.2, -0.15) is 5.26 Å². The number of piperidine rings is 1. The number of hydrogen-bond donors (Lipinski definition) is 1. The second kappa shape index (κ2) is 12.1. The highest BCUT2D eigenvalue weighted by atomic mass is 19.1. The van der Waals surface area contributed by atoms with Gasteiger partial charge in [-0.05, 0) is 53.6 Å². The van der Waals surface area contributed by atoms with Gasteiger partial charge in [-0.1, -0.05) is 30.3 Å². The number of piperazine rings is 1. The van der Waals surface area contributed by atoms with Crippen LogP contribution in [-0.2, 0) is 22.6 Å². The van der Waals surface area contributed by atoms with Crippen molar-refractivity contribution in [3.05, 3.63) is 94.4 Å². The van der Waals surface area contributed by atoms with E-state index in [1.807, 2.05) is 36.4 Å². The van der Waals surface area contributed by atoms with Crippen LogP contribution in [0, 0.1) is 17.1 Å². The molecule has 11 heteroatoms. The maximum atomic E-state index is 15.6. The highest BCUT2D eigenvalue weighted by Gasteiger charge is 2.41. The number of amides is 3. The maximum Gasteiger partial charge on any atom is 0.259 e. The zero-order valence-corrected chi connectivity index (χ0v) is 26.1. The van der Waals surface area contributed by atoms with Crippen molar-refractivity contribution in [2.45, 2.75) is 44.8 Å². The Morgan fingerprint density at radius 1 is 1.09 bits per heavy atom. The lowest BCUT2D eigenvalue weighted by atomic mass is 9.95. The fraction of sp³-hybridized carbons (Fsp3) is 0.306. The van der Waals surface area contributed by atoms with Gasteiger partial charge in [0.2, 0.25) is 11.8 Å². The van der Waals surface area contributed by atoms with E-state index >= 15 is 4.39 Å². The number of anilines is 2. The highest BCUT2D eigenvalue weighted by Crippen LogP contribution is 2.41. The number of benzene rings is 3. The summed E-state index contributed by atoms with van der Waals surface area (Å²) in [4.78, 5) is 48.3. The topological polar surface area (TPSA) is 119 Å². The predicted octanol–water partition coefficient (Wildman–Crippen LogP) is 4.32. The molecule has 0 bridgehead atoms. The fourth-order valence-corrected chi connectivity index (χ4v) is 7.11. The molecular weight excluding hydrogens is 599 g/mol. The quantitative estimate of drug-likeness (QED) is 0.300. The van der Waals surface area contributed by atoms with Gasteiger partial charge in [0.05, 0.1) is 18.4 Å². The van der Waals surface area contributed by atoms with E-state index in [1.165, 1.54) is 4.90 Å². The molecule has 1 N–H and O–H groups in total. The molecule has 2 saturated heterocycles. The first-order valence-electron chi connectivity index (χ1n) is 15.7. The molecule has 1 unspecified atom stereocenters. The van der Waals surface area contributed by atoms with E-state index in [0.29, 0.717) is 53.5 Å². The Hall–Kier alpha value is -5.34. The summed E-state index contributed by atoms with van der Waals surface area (Å²) in [5.41, 5.74) is 3.90. The molecule has 10 nitrogen and oxygen atoms in total. The lowest BCUT2D eigenvalue weighted by Gasteiger charge is -2.41. The molecule has 3 aliphatic heterocycles. The molecule has 3 aliphatic rings. The van der Waals surface area contributed by atoms with Crippen molar-refractivity contribution in [1.29, 1.82) is 5.26 Å². The first-order valence-corrected chi connectivity index (χ1v) is 15.7. The van der Waals surface area contributed by atoms with Crippen LogP contribution in [0.15, 0.2) is 60.8 Å². The molecule has 47 heavy (non-hydrogen) atoms. The van der Waals surface area contributed by atoms with Crippen molar-refractivity contribution in [1.82, 2.24) is 15.2 Å². The summed E-state index contributed by atoms with van der Waals surface area (Å²) in [6.45, 7) is 4.94. The second-order valence-electron chi connectivity index (χ2n) is 12.4. The van der Waals surface area contributed by atoms with E-state index in [2.05, 4.69) is 33.1 Å². The summed E-state index contributed by atoms with van der Waals surface area (Å²) in [5, 5.41) is 13.1. The number of hydrogen-bond acceptors (Lipinski definition) is 8. The second-order valence-corrected chi connectivity index (χ2v) is 12.4. The van der Waals surface area contributed by atoms with E-state index < -0.39 is 11.9 Å². The van der Waals surface area contributed by atoms with Crippen LogP contribution in [0.1, 0.15) is 52.4 Å². The normalized spacial score (nSPS) is 19.7. The van der Waals surface area contributed by atoms with Gasteiger partial charge in [0, 0.05) is 68.3 Å². The molecule has 3 aromatic carbocycles. The molecule has 4 aromatic rings. The van der Waals surface area contributed by atoms with Gasteiger partial charge in [-0.15, -0.1) is 0 Å². The Balaban J connectivity index is 1.06. The number of aromatic nitrogens is 1. The van der Waals surface area contributed by atoms with Gasteiger partial charge >= 0.3 is 0 Å². The zero-order valence-electron chi connectivity index (χ0n) is 26.1. The van der Waals surface area contributed by atoms with E-state index in [4.69, 9.17) is 4.74 Å². The number of carbonyl (C=O) groups is 3. The number of rotatable bonds is 7. The smallest absolute Gasteiger partial charge is 0.259 e. The third kappa shape index (κ3) is 5.44. The van der Waals surface area contributed by atoms with Crippen molar-refractivity contribution >= 4 is 40.0 Å². The number of ether oxygens (including phenoxy) is 1. The number of nitrogens with one attached hydrogen (secondary N) is 1. The molecule has 2 atom stereocenters. The van der Waals surface area contributed by atoms with Gasteiger partial charge < -0.3 is 9.64 Å². The number of imide groups is 1. The van der Waals surface area contributed by atoms with Crippen LogP contribution in [0.3, 0.4) is 0 Å². The molecule has 0 saturated carbocycles. The Morgan fingerprint density at radius 2 is 1.91 bits per heavy atom. The van der Waals surface area contributed by atoms with Crippen molar-refractivity contribution in [2.24, 2.45) is 0 Å². The van der Waals surface area contributed by atoms with E-state index in [0.717, 1.165) is 35.0 Å². The van der Waals surface area contributed by atoms with Crippen LogP contribution in [0.2, 0.25) is 0 Å². The fourth-order valence-electron chi connectivity index (χ4n) is 7.11. The number of methoxy groups -OCH3 is 1. The largest absolute Gasteiger partial charge is 0.493 e. The standard InChI is InChI=1S/C36H33FN6O4/c1-21-19-41(12-13-42(21)34-31(47-2)15-23(17-38)18-39-34)20-22-6-7-25(28(37)14-22)16-24-8-9-29-33-26(24)4-3-5-27(33)36(46)43(29)30-10-11-32(44)40-35(30)45/h3-9,14-15,18,21,30H,10-13,16,19-20H2,1-2H3,(H,40,44,45)/t21-,30?/m0/s1. The molecule has 0 aliphatic carbocycles. The number of halogens is 1. The van der Waals surface area contributed by atoms with Gasteiger partial charge in [-0.3, -0.25) is 29.5 Å². The van der Waals surface area contributed by atoms with E-state index in [-0.39, 0.29) is 36.5 Å². The molecule has 0 radical (unpaired) electrons. The first-order chi connectivity index (χ1) is 22.7. The molecule has 3 amide bonds. The molecule has 238 valence electrons. The first kappa shape index (κ1) is 30.3. The van der Waals surface area contributed by atoms with Gasteiger partial charge in [-0.25, -0.2) is 9.37 Å². The average molecular weight is 633 g/mol. The van der Waals surface area contributed by atoms with Crippen molar-refractivity contribution in [2.75, 3.05) is 36.5 Å². The third-order valence-corrected chi connectivity index (χ3v) is 9.41. The van der Waals surface area contributed by atoms with Crippen molar-refractivity contribution in [3.63, 3.8) is 0 Å². The van der Waals surface area contributed by atoms with Gasteiger partial charge in [0.15, 0.2) is 11.6 Å². The maximum absolute atomic E-state index is 15.6. The minimum absolute atomic E-state index is 0.129. The van der Waals surface area contributed by atoms with Crippen LogP contribution in [0.25, 0.3) is 10.8 Å². The van der Waals surface area contributed by atoms with Gasteiger partial charge in [0.25, 0.3) is 5.91 Å². The van der Waals surface area contributed by atoms with Crippen LogP contribution in [-0.4, -0.2) is 66.4 Å². The summed E-state index contributed by atoms with van der Waals surface area (Å²) in [6.07, 6.45) is 2.34. The predicted molar refractivity (Wildman–Crippen MR) is 174 cm³/mol. The minimum Gasteiger partial charge on any atom is -0.493 e. The van der Waals surface area contributed by atoms with Crippen molar-refractivity contribution in [3.8, 4) is 11.8 Å². The molecular formula is C36H33FN6O4. The van der Waals surface area contributed by atoms with Crippen LogP contribution < -0.4 is 19.9 Å². The Kier molecular flexibility index (Phi) is 7.82. The number of nitrogens with zero attached hydrogens (tertiary/aromatic N) is 5. The third-order valence-electron chi connectivity index (χ3n) is 9.41. The number of pyridine rings is 1. The summed E-state index contributed by atoms with van der Waals surface area (Å²) >= 11 is 0. The summed E-state index contributed by atoms with van der Waals surface area (Å²) in [5.74, 6) is -0.0767. The summed E-state index contributed by atoms with van der Waals surface area (Å²) in [7, 11) is 1.57. The van der Waals surface area contributed by atoms with Crippen LogP contribution in [0.4, 0.5) is 15.9 Å². The molecule has 0 spiro atoms. The Bertz CT molecular complexity index is 1990. The van der Waals surface area contributed by atoms with E-state index in [1.54, 1.807) is 31.5 Å². The van der Waals surface area contributed by atoms with Crippen LogP contribution in [0.5, 0.6) is 5.75 Å². The Labute approximate surface area is 271 Å². The summed E-state index contributed by atoms with van der Waals surface area (Å²) in [6, 6.07) is 17.8. The molecule has 7 rings (SSSR count). The zero-order chi connectivity index (χ0) is 32.8. The number of carbonyl (C=O) groups excluding carboxylic acids is 3. The SMILES string of the molecule is COc1cc(C#N)cnc1N1CCN(Cc2ccc(Cc3ccc4c5c(cccc35)C(=O)N4C3CCC(=O)NC3=O)c(F)c2)C[C@@H]1C. The monoisotopic (exact) mass is 632 g/mol. The van der Waals surface area contributed by atoms with E-state index in [9.17, 15) is 19.6 Å². The molecule has 1 aromatic heterocycles. The lowest BCUT2D eigenvalue weighted by molar-refractivity contribution is -0.134. The van der Waals surface area contributed by atoms with Crippen molar-refractivity contribution < 1.29 is 23.5 Å². The van der Waals surface area contributed by atoms with Crippen LogP contribution >= 0.6 is 0 Å². The average Bonchev–Trinajstić information content (AvgIpc) is 3.35. The van der Waals surface area contributed by atoms with Gasteiger partial charge in [0.1, 0.15) is 17.9 Å². The Morgan fingerprint density at radius 3 is 2.66 bits per heavy atom. The summed E-state index contributed by atoms with van der Waals surface area (Å²) < 4.78 is 21.1. The minimum atomic E-state index is -0.756. The number of nitriles is 1. The highest BCUT2D eigenvalue weighted by molar-refractivity contribution is 6.27.